The Hall–Kier alpha value is -1.95. The summed E-state index contributed by atoms with van der Waals surface area (Å²) in [4.78, 5) is 0. The lowest BCUT2D eigenvalue weighted by atomic mass is 10.0. The Morgan fingerprint density at radius 1 is 1.28 bits per heavy atom. The van der Waals surface area contributed by atoms with E-state index in [-0.39, 0.29) is 11.9 Å². The molecule has 0 aliphatic carbocycles. The highest BCUT2D eigenvalue weighted by atomic mass is 19.1. The quantitative estimate of drug-likeness (QED) is 0.836. The van der Waals surface area contributed by atoms with Crippen LogP contribution in [0, 0.1) is 11.7 Å². The van der Waals surface area contributed by atoms with E-state index < -0.39 is 0 Å². The van der Waals surface area contributed by atoms with Crippen molar-refractivity contribution >= 4 is 0 Å². The first-order valence-electron chi connectivity index (χ1n) is 9.06. The molecule has 1 aliphatic heterocycles. The average Bonchev–Trinajstić information content (AvgIpc) is 3.04. The highest BCUT2D eigenvalue weighted by Gasteiger charge is 2.20. The summed E-state index contributed by atoms with van der Waals surface area (Å²) in [6.07, 6.45) is 4.25. The van der Waals surface area contributed by atoms with E-state index in [1.54, 1.807) is 12.1 Å². The standard InChI is InChI=1S/C19H27FN4O/c1-13(10-15-7-8-17(25-3)16(20)11-15)12-21-14(2)19-23-22-18-6-4-5-9-24(18)19/h7-8,11,13-14,21H,4-6,9-10,12H2,1-3H3/t13-,14-/m1/s1. The Balaban J connectivity index is 1.54. The zero-order valence-electron chi connectivity index (χ0n) is 15.3. The molecule has 0 fully saturated rings. The first-order chi connectivity index (χ1) is 12.1. The molecule has 2 atom stereocenters. The third-order valence-corrected chi connectivity index (χ3v) is 4.85. The Labute approximate surface area is 148 Å². The summed E-state index contributed by atoms with van der Waals surface area (Å²) in [5.74, 6) is 2.51. The van der Waals surface area contributed by atoms with Crippen molar-refractivity contribution in [2.75, 3.05) is 13.7 Å². The normalized spacial score (nSPS) is 16.3. The second-order valence-corrected chi connectivity index (χ2v) is 6.99. The molecule has 0 saturated carbocycles. The molecule has 2 heterocycles. The lowest BCUT2D eigenvalue weighted by Crippen LogP contribution is -2.28. The third kappa shape index (κ3) is 4.18. The summed E-state index contributed by atoms with van der Waals surface area (Å²) in [6, 6.07) is 5.34. The topological polar surface area (TPSA) is 52.0 Å². The van der Waals surface area contributed by atoms with Crippen LogP contribution in [0.3, 0.4) is 0 Å². The molecule has 0 bridgehead atoms. The van der Waals surface area contributed by atoms with Crippen LogP contribution in [-0.2, 0) is 19.4 Å². The van der Waals surface area contributed by atoms with E-state index in [4.69, 9.17) is 4.74 Å². The van der Waals surface area contributed by atoms with Crippen LogP contribution < -0.4 is 10.1 Å². The molecule has 0 radical (unpaired) electrons. The second kappa shape index (κ2) is 7.95. The van der Waals surface area contributed by atoms with Crippen LogP contribution in [-0.4, -0.2) is 28.4 Å². The minimum absolute atomic E-state index is 0.161. The van der Waals surface area contributed by atoms with Gasteiger partial charge in [-0.05, 0) is 56.3 Å². The lowest BCUT2D eigenvalue weighted by Gasteiger charge is -2.20. The molecule has 3 rings (SSSR count). The van der Waals surface area contributed by atoms with Gasteiger partial charge in [0.15, 0.2) is 11.6 Å². The van der Waals surface area contributed by atoms with Gasteiger partial charge in [0.1, 0.15) is 11.6 Å². The first-order valence-corrected chi connectivity index (χ1v) is 9.06. The summed E-state index contributed by atoms with van der Waals surface area (Å²) in [5.41, 5.74) is 0.986. The number of aromatic nitrogens is 3. The number of hydrogen-bond donors (Lipinski definition) is 1. The van der Waals surface area contributed by atoms with Gasteiger partial charge in [0.25, 0.3) is 0 Å². The summed E-state index contributed by atoms with van der Waals surface area (Å²) in [5, 5.41) is 12.2. The van der Waals surface area contributed by atoms with E-state index >= 15 is 0 Å². The fourth-order valence-electron chi connectivity index (χ4n) is 3.43. The smallest absolute Gasteiger partial charge is 0.165 e. The molecular formula is C19H27FN4O. The van der Waals surface area contributed by atoms with Crippen molar-refractivity contribution in [2.45, 2.75) is 52.1 Å². The van der Waals surface area contributed by atoms with Gasteiger partial charge in [-0.15, -0.1) is 10.2 Å². The number of nitrogens with one attached hydrogen (secondary N) is 1. The van der Waals surface area contributed by atoms with Gasteiger partial charge in [-0.1, -0.05) is 13.0 Å². The van der Waals surface area contributed by atoms with Gasteiger partial charge in [-0.2, -0.15) is 0 Å². The molecule has 0 unspecified atom stereocenters. The van der Waals surface area contributed by atoms with Crippen LogP contribution in [0.15, 0.2) is 18.2 Å². The molecule has 0 spiro atoms. The molecule has 25 heavy (non-hydrogen) atoms. The van der Waals surface area contributed by atoms with E-state index in [9.17, 15) is 4.39 Å². The molecule has 136 valence electrons. The average molecular weight is 346 g/mol. The number of benzene rings is 1. The first kappa shape index (κ1) is 17.9. The molecule has 1 N–H and O–H groups in total. The zero-order chi connectivity index (χ0) is 17.8. The number of nitrogens with zero attached hydrogens (tertiary/aromatic N) is 3. The number of aryl methyl sites for hydroxylation is 1. The maximum Gasteiger partial charge on any atom is 0.165 e. The van der Waals surface area contributed by atoms with Crippen LogP contribution in [0.25, 0.3) is 0 Å². The van der Waals surface area contributed by atoms with E-state index in [0.717, 1.165) is 43.1 Å². The molecule has 0 saturated heterocycles. The zero-order valence-corrected chi connectivity index (χ0v) is 15.3. The van der Waals surface area contributed by atoms with Crippen molar-refractivity contribution in [2.24, 2.45) is 5.92 Å². The summed E-state index contributed by atoms with van der Waals surface area (Å²) < 4.78 is 21.0. The number of rotatable bonds is 7. The molecule has 0 amide bonds. The fourth-order valence-corrected chi connectivity index (χ4v) is 3.43. The number of fused-ring (bicyclic) bond motifs is 1. The highest BCUT2D eigenvalue weighted by Crippen LogP contribution is 2.21. The second-order valence-electron chi connectivity index (χ2n) is 6.99. The Bertz CT molecular complexity index is 715. The Kier molecular flexibility index (Phi) is 5.68. The minimum Gasteiger partial charge on any atom is -0.494 e. The molecule has 1 aromatic carbocycles. The van der Waals surface area contributed by atoms with Gasteiger partial charge >= 0.3 is 0 Å². The van der Waals surface area contributed by atoms with E-state index in [0.29, 0.717) is 11.7 Å². The molecule has 6 heteroatoms. The summed E-state index contributed by atoms with van der Waals surface area (Å²) >= 11 is 0. The van der Waals surface area contributed by atoms with Crippen LogP contribution >= 0.6 is 0 Å². The number of methoxy groups -OCH3 is 1. The van der Waals surface area contributed by atoms with Crippen molar-refractivity contribution in [3.63, 3.8) is 0 Å². The Morgan fingerprint density at radius 2 is 2.12 bits per heavy atom. The SMILES string of the molecule is COc1ccc(C[C@@H](C)CN[C@H](C)c2nnc3n2CCCC3)cc1F. The predicted molar refractivity (Wildman–Crippen MR) is 95.2 cm³/mol. The fraction of sp³-hybridized carbons (Fsp3) is 0.579. The Morgan fingerprint density at radius 3 is 2.88 bits per heavy atom. The maximum atomic E-state index is 13.8. The van der Waals surface area contributed by atoms with Gasteiger partial charge in [-0.3, -0.25) is 0 Å². The predicted octanol–water partition coefficient (Wildman–Crippen LogP) is 3.29. The molecule has 5 nitrogen and oxygen atoms in total. The molecule has 2 aromatic rings. The van der Waals surface area contributed by atoms with Gasteiger partial charge in [0, 0.05) is 13.0 Å². The molecule has 1 aliphatic rings. The van der Waals surface area contributed by atoms with E-state index in [1.807, 2.05) is 6.07 Å². The van der Waals surface area contributed by atoms with Gasteiger partial charge < -0.3 is 14.6 Å². The van der Waals surface area contributed by atoms with Crippen molar-refractivity contribution in [1.29, 1.82) is 0 Å². The lowest BCUT2D eigenvalue weighted by molar-refractivity contribution is 0.385. The monoisotopic (exact) mass is 346 g/mol. The maximum absolute atomic E-state index is 13.8. The summed E-state index contributed by atoms with van der Waals surface area (Å²) in [6.45, 7) is 6.16. The van der Waals surface area contributed by atoms with E-state index in [1.165, 1.54) is 20.0 Å². The molecular weight excluding hydrogens is 319 g/mol. The number of hydrogen-bond acceptors (Lipinski definition) is 4. The van der Waals surface area contributed by atoms with Crippen molar-refractivity contribution < 1.29 is 9.13 Å². The number of ether oxygens (including phenoxy) is 1. The van der Waals surface area contributed by atoms with Gasteiger partial charge in [-0.25, -0.2) is 4.39 Å². The highest BCUT2D eigenvalue weighted by molar-refractivity contribution is 5.29. The minimum atomic E-state index is -0.302. The van der Waals surface area contributed by atoms with Crippen LogP contribution in [0.4, 0.5) is 4.39 Å². The van der Waals surface area contributed by atoms with Crippen LogP contribution in [0.5, 0.6) is 5.75 Å². The largest absolute Gasteiger partial charge is 0.494 e. The summed E-state index contributed by atoms with van der Waals surface area (Å²) in [7, 11) is 1.48. The number of halogens is 1. The van der Waals surface area contributed by atoms with Gasteiger partial charge in [0.05, 0.1) is 13.2 Å². The van der Waals surface area contributed by atoms with Crippen LogP contribution in [0.1, 0.15) is 49.9 Å². The molecule has 1 aromatic heterocycles. The van der Waals surface area contributed by atoms with Crippen molar-refractivity contribution in [1.82, 2.24) is 20.1 Å². The van der Waals surface area contributed by atoms with Gasteiger partial charge in [0.2, 0.25) is 0 Å². The van der Waals surface area contributed by atoms with E-state index in [2.05, 4.69) is 33.9 Å². The third-order valence-electron chi connectivity index (χ3n) is 4.85. The van der Waals surface area contributed by atoms with Crippen molar-refractivity contribution in [3.05, 3.63) is 41.2 Å². The van der Waals surface area contributed by atoms with Crippen molar-refractivity contribution in [3.8, 4) is 5.75 Å². The van der Waals surface area contributed by atoms with Crippen LogP contribution in [0.2, 0.25) is 0 Å².